The van der Waals surface area contributed by atoms with Gasteiger partial charge in [0.1, 0.15) is 5.75 Å². The summed E-state index contributed by atoms with van der Waals surface area (Å²) in [7, 11) is 0. The summed E-state index contributed by atoms with van der Waals surface area (Å²) in [5.41, 5.74) is -0.627. The molecule has 0 amide bonds. The van der Waals surface area contributed by atoms with E-state index in [2.05, 4.69) is 10.1 Å². The first-order valence-electron chi connectivity index (χ1n) is 7.25. The molecule has 1 aromatic carbocycles. The van der Waals surface area contributed by atoms with Gasteiger partial charge in [0.2, 0.25) is 0 Å². The number of hydrogen-bond donors (Lipinski definition) is 1. The third-order valence-electron chi connectivity index (χ3n) is 3.75. The van der Waals surface area contributed by atoms with Crippen molar-refractivity contribution in [2.45, 2.75) is 31.6 Å². The average Bonchev–Trinajstić information content (AvgIpc) is 2.45. The first-order valence-corrected chi connectivity index (χ1v) is 7.25. The molecule has 0 unspecified atom stereocenters. The summed E-state index contributed by atoms with van der Waals surface area (Å²) in [5, 5.41) is 3.16. The van der Waals surface area contributed by atoms with Crippen molar-refractivity contribution < 1.29 is 31.1 Å². The Morgan fingerprint density at radius 1 is 1.04 bits per heavy atom. The molecule has 1 aliphatic heterocycles. The Kier molecular flexibility index (Phi) is 5.44. The molecule has 1 saturated heterocycles. The van der Waals surface area contributed by atoms with Crippen molar-refractivity contribution in [1.82, 2.24) is 5.32 Å². The largest absolute Gasteiger partial charge is 0.484 e. The van der Waals surface area contributed by atoms with Crippen molar-refractivity contribution >= 4 is 0 Å². The van der Waals surface area contributed by atoms with Gasteiger partial charge in [-0.2, -0.15) is 26.3 Å². The van der Waals surface area contributed by atoms with Gasteiger partial charge in [-0.1, -0.05) is 6.07 Å². The Balaban J connectivity index is 2.20. The number of rotatable bonds is 4. The van der Waals surface area contributed by atoms with Crippen molar-refractivity contribution in [3.05, 3.63) is 29.3 Å². The summed E-state index contributed by atoms with van der Waals surface area (Å²) < 4.78 is 79.8. The molecule has 0 spiro atoms. The van der Waals surface area contributed by atoms with Gasteiger partial charge < -0.3 is 10.1 Å². The number of alkyl halides is 6. The number of benzene rings is 1. The highest BCUT2D eigenvalue weighted by molar-refractivity contribution is 5.39. The predicted molar refractivity (Wildman–Crippen MR) is 72.3 cm³/mol. The van der Waals surface area contributed by atoms with E-state index >= 15 is 0 Å². The average molecular weight is 341 g/mol. The molecule has 1 heterocycles. The van der Waals surface area contributed by atoms with E-state index in [1.54, 1.807) is 0 Å². The van der Waals surface area contributed by atoms with E-state index in [4.69, 9.17) is 0 Å². The minimum absolute atomic E-state index is 0.223. The Labute approximate surface area is 129 Å². The SMILES string of the molecule is FC(F)(F)COc1cc(C(F)(F)F)ccc1CC1CCNCC1. The molecule has 1 N–H and O–H groups in total. The molecule has 8 heteroatoms. The van der Waals surface area contributed by atoms with Gasteiger partial charge in [-0.05, 0) is 56.0 Å². The van der Waals surface area contributed by atoms with Gasteiger partial charge in [0.25, 0.3) is 0 Å². The summed E-state index contributed by atoms with van der Waals surface area (Å²) in [5.74, 6) is -0.114. The van der Waals surface area contributed by atoms with Crippen molar-refractivity contribution in [3.63, 3.8) is 0 Å². The molecular weight excluding hydrogens is 324 g/mol. The zero-order valence-electron chi connectivity index (χ0n) is 12.2. The highest BCUT2D eigenvalue weighted by atomic mass is 19.4. The van der Waals surface area contributed by atoms with Gasteiger partial charge in [0.15, 0.2) is 6.61 Å². The van der Waals surface area contributed by atoms with Crippen LogP contribution in [-0.4, -0.2) is 25.9 Å². The fourth-order valence-corrected chi connectivity index (χ4v) is 2.59. The normalized spacial score (nSPS) is 17.3. The van der Waals surface area contributed by atoms with Gasteiger partial charge in [-0.15, -0.1) is 0 Å². The van der Waals surface area contributed by atoms with Gasteiger partial charge in [-0.3, -0.25) is 0 Å². The third kappa shape index (κ3) is 5.60. The fourth-order valence-electron chi connectivity index (χ4n) is 2.59. The minimum atomic E-state index is -4.62. The lowest BCUT2D eigenvalue weighted by atomic mass is 9.90. The number of ether oxygens (including phenoxy) is 1. The van der Waals surface area contributed by atoms with Crippen LogP contribution in [0.2, 0.25) is 0 Å². The maximum absolute atomic E-state index is 12.7. The van der Waals surface area contributed by atoms with E-state index in [-0.39, 0.29) is 11.7 Å². The van der Waals surface area contributed by atoms with E-state index in [1.165, 1.54) is 6.07 Å². The molecule has 1 aromatic rings. The van der Waals surface area contributed by atoms with Gasteiger partial charge >= 0.3 is 12.4 Å². The smallest absolute Gasteiger partial charge is 0.422 e. The second kappa shape index (κ2) is 6.98. The van der Waals surface area contributed by atoms with Gasteiger partial charge in [-0.25, -0.2) is 0 Å². The summed E-state index contributed by atoms with van der Waals surface area (Å²) in [6.45, 7) is -0.0123. The number of nitrogens with one attached hydrogen (secondary N) is 1. The maximum Gasteiger partial charge on any atom is 0.422 e. The standard InChI is InChI=1S/C15H17F6NO/c16-14(17,18)9-23-13-8-12(15(19,20)21)2-1-11(13)7-10-3-5-22-6-4-10/h1-2,8,10,22H,3-7,9H2. The molecule has 0 aliphatic carbocycles. The minimum Gasteiger partial charge on any atom is -0.484 e. The number of piperidine rings is 1. The molecule has 23 heavy (non-hydrogen) atoms. The zero-order valence-corrected chi connectivity index (χ0v) is 12.2. The molecule has 0 bridgehead atoms. The summed E-state index contributed by atoms with van der Waals surface area (Å²) in [6.07, 6.45) is -7.14. The lowest BCUT2D eigenvalue weighted by Crippen LogP contribution is -2.29. The lowest BCUT2D eigenvalue weighted by molar-refractivity contribution is -0.153. The molecule has 0 atom stereocenters. The van der Waals surface area contributed by atoms with Crippen LogP contribution in [0.3, 0.4) is 0 Å². The summed E-state index contributed by atoms with van der Waals surface area (Å²) in [4.78, 5) is 0. The summed E-state index contributed by atoms with van der Waals surface area (Å²) >= 11 is 0. The second-order valence-electron chi connectivity index (χ2n) is 5.62. The molecule has 1 aliphatic rings. The number of halogens is 6. The molecule has 0 radical (unpaired) electrons. The summed E-state index contributed by atoms with van der Waals surface area (Å²) in [6, 6.07) is 2.76. The Hall–Kier alpha value is -1.44. The van der Waals surface area contributed by atoms with Crippen LogP contribution in [0.15, 0.2) is 18.2 Å². The van der Waals surface area contributed by atoms with Crippen molar-refractivity contribution in [2.24, 2.45) is 5.92 Å². The first-order chi connectivity index (χ1) is 10.6. The van der Waals surface area contributed by atoms with Crippen LogP contribution in [0, 0.1) is 5.92 Å². The van der Waals surface area contributed by atoms with Crippen LogP contribution in [0.4, 0.5) is 26.3 Å². The van der Waals surface area contributed by atoms with Gasteiger partial charge in [0.05, 0.1) is 5.56 Å². The van der Waals surface area contributed by atoms with E-state index < -0.39 is 24.5 Å². The molecular formula is C15H17F6NO. The van der Waals surface area contributed by atoms with Crippen LogP contribution >= 0.6 is 0 Å². The van der Waals surface area contributed by atoms with Crippen LogP contribution < -0.4 is 10.1 Å². The van der Waals surface area contributed by atoms with Crippen molar-refractivity contribution in [2.75, 3.05) is 19.7 Å². The molecule has 0 aromatic heterocycles. The van der Waals surface area contributed by atoms with Crippen LogP contribution in [-0.2, 0) is 12.6 Å². The first kappa shape index (κ1) is 17.9. The Morgan fingerprint density at radius 3 is 2.26 bits per heavy atom. The molecule has 2 nitrogen and oxygen atoms in total. The lowest BCUT2D eigenvalue weighted by Gasteiger charge is -2.24. The predicted octanol–water partition coefficient (Wildman–Crippen LogP) is 4.19. The highest BCUT2D eigenvalue weighted by Crippen LogP contribution is 2.35. The quantitative estimate of drug-likeness (QED) is 0.829. The number of hydrogen-bond acceptors (Lipinski definition) is 2. The molecule has 130 valence electrons. The third-order valence-corrected chi connectivity index (χ3v) is 3.75. The van der Waals surface area contributed by atoms with E-state index in [0.717, 1.165) is 32.0 Å². The van der Waals surface area contributed by atoms with Crippen LogP contribution in [0.1, 0.15) is 24.0 Å². The monoisotopic (exact) mass is 341 g/mol. The molecule has 2 rings (SSSR count). The second-order valence-corrected chi connectivity index (χ2v) is 5.62. The molecule has 0 saturated carbocycles. The van der Waals surface area contributed by atoms with Crippen LogP contribution in [0.5, 0.6) is 5.75 Å². The van der Waals surface area contributed by atoms with Gasteiger partial charge in [0, 0.05) is 0 Å². The Bertz CT molecular complexity index is 520. The highest BCUT2D eigenvalue weighted by Gasteiger charge is 2.33. The van der Waals surface area contributed by atoms with Crippen LogP contribution in [0.25, 0.3) is 0 Å². The van der Waals surface area contributed by atoms with Crippen molar-refractivity contribution in [1.29, 1.82) is 0 Å². The van der Waals surface area contributed by atoms with E-state index in [0.29, 0.717) is 18.1 Å². The maximum atomic E-state index is 12.7. The zero-order chi connectivity index (χ0) is 17.1. The van der Waals surface area contributed by atoms with E-state index in [9.17, 15) is 26.3 Å². The molecule has 1 fully saturated rings. The van der Waals surface area contributed by atoms with Crippen molar-refractivity contribution in [3.8, 4) is 5.75 Å². The Morgan fingerprint density at radius 2 is 1.70 bits per heavy atom. The fraction of sp³-hybridized carbons (Fsp3) is 0.600. The van der Waals surface area contributed by atoms with E-state index in [1.807, 2.05) is 0 Å². The topological polar surface area (TPSA) is 21.3 Å².